The molecule has 3 aromatic rings. The molecule has 0 aliphatic carbocycles. The molecule has 2 aromatic carbocycles. The number of nitrogens with zero attached hydrogens (tertiary/aromatic N) is 2. The lowest BCUT2D eigenvalue weighted by atomic mass is 10.1. The molecule has 0 bridgehead atoms. The highest BCUT2D eigenvalue weighted by Gasteiger charge is 2.25. The normalized spacial score (nSPS) is 14.0. The largest absolute Gasteiger partial charge is 0.339 e. The third-order valence-corrected chi connectivity index (χ3v) is 5.27. The van der Waals surface area contributed by atoms with Crippen LogP contribution in [-0.4, -0.2) is 28.5 Å². The zero-order valence-electron chi connectivity index (χ0n) is 15.7. The highest BCUT2D eigenvalue weighted by molar-refractivity contribution is 5.97. The number of hydrogen-bond donors (Lipinski definition) is 0. The molecule has 0 unspecified atom stereocenters. The lowest BCUT2D eigenvalue weighted by Crippen LogP contribution is -2.27. The number of benzene rings is 2. The van der Waals surface area contributed by atoms with Crippen LogP contribution in [0, 0.1) is 19.7 Å². The zero-order valence-corrected chi connectivity index (χ0v) is 15.7. The average Bonchev–Trinajstić information content (AvgIpc) is 3.30. The van der Waals surface area contributed by atoms with Crippen LogP contribution in [0.15, 0.2) is 54.6 Å². The van der Waals surface area contributed by atoms with Gasteiger partial charge < -0.3 is 9.47 Å². The van der Waals surface area contributed by atoms with Crippen LogP contribution in [0.3, 0.4) is 0 Å². The molecular formula is C23H23FN2O. The van der Waals surface area contributed by atoms with Crippen LogP contribution in [0.5, 0.6) is 0 Å². The van der Waals surface area contributed by atoms with Crippen molar-refractivity contribution < 1.29 is 9.18 Å². The first-order chi connectivity index (χ1) is 13.0. The van der Waals surface area contributed by atoms with Crippen LogP contribution in [0.1, 0.15) is 34.5 Å². The third-order valence-electron chi connectivity index (χ3n) is 5.27. The molecule has 0 spiro atoms. The lowest BCUT2D eigenvalue weighted by Gasteiger charge is -2.16. The predicted molar refractivity (Wildman–Crippen MR) is 106 cm³/mol. The zero-order chi connectivity index (χ0) is 19.0. The molecule has 1 amide bonds. The number of halogens is 1. The Labute approximate surface area is 159 Å². The van der Waals surface area contributed by atoms with Crippen molar-refractivity contribution in [3.63, 3.8) is 0 Å². The minimum Gasteiger partial charge on any atom is -0.339 e. The van der Waals surface area contributed by atoms with Gasteiger partial charge in [0.15, 0.2) is 0 Å². The fourth-order valence-corrected chi connectivity index (χ4v) is 3.85. The Bertz CT molecular complexity index is 982. The summed E-state index contributed by atoms with van der Waals surface area (Å²) < 4.78 is 15.5. The van der Waals surface area contributed by atoms with E-state index >= 15 is 0 Å². The van der Waals surface area contributed by atoms with Gasteiger partial charge in [-0.3, -0.25) is 4.79 Å². The molecule has 0 atom stereocenters. The summed E-state index contributed by atoms with van der Waals surface area (Å²) in [4.78, 5) is 15.0. The van der Waals surface area contributed by atoms with E-state index in [1.165, 1.54) is 12.1 Å². The van der Waals surface area contributed by atoms with E-state index in [1.54, 1.807) is 12.1 Å². The highest BCUT2D eigenvalue weighted by atomic mass is 19.1. The summed E-state index contributed by atoms with van der Waals surface area (Å²) >= 11 is 0. The van der Waals surface area contributed by atoms with E-state index in [9.17, 15) is 9.18 Å². The number of rotatable bonds is 3. The van der Waals surface area contributed by atoms with Gasteiger partial charge in [-0.2, -0.15) is 0 Å². The molecule has 1 aromatic heterocycles. The summed E-state index contributed by atoms with van der Waals surface area (Å²) in [6.45, 7) is 5.68. The van der Waals surface area contributed by atoms with E-state index in [1.807, 2.05) is 30.0 Å². The van der Waals surface area contributed by atoms with Crippen LogP contribution in [0.4, 0.5) is 4.39 Å². The number of amides is 1. The molecule has 1 fully saturated rings. The van der Waals surface area contributed by atoms with Crippen molar-refractivity contribution in [2.45, 2.75) is 26.7 Å². The van der Waals surface area contributed by atoms with E-state index < -0.39 is 0 Å². The summed E-state index contributed by atoms with van der Waals surface area (Å²) in [6.07, 6.45) is 2.13. The van der Waals surface area contributed by atoms with Crippen molar-refractivity contribution in [2.24, 2.45) is 0 Å². The van der Waals surface area contributed by atoms with E-state index in [0.29, 0.717) is 0 Å². The van der Waals surface area contributed by atoms with Gasteiger partial charge in [-0.25, -0.2) is 4.39 Å². The van der Waals surface area contributed by atoms with Gasteiger partial charge in [0, 0.05) is 24.5 Å². The number of carbonyl (C=O) groups is 1. The molecule has 4 heteroatoms. The Kier molecular flexibility index (Phi) is 4.56. The Morgan fingerprint density at radius 3 is 2.33 bits per heavy atom. The lowest BCUT2D eigenvalue weighted by molar-refractivity contribution is 0.0792. The maximum atomic E-state index is 13.4. The van der Waals surface area contributed by atoms with Crippen molar-refractivity contribution >= 4 is 5.91 Å². The third kappa shape index (κ3) is 3.27. The first-order valence-corrected chi connectivity index (χ1v) is 9.39. The Hall–Kier alpha value is -2.88. The van der Waals surface area contributed by atoms with E-state index in [2.05, 4.69) is 23.6 Å². The smallest absolute Gasteiger partial charge is 0.255 e. The van der Waals surface area contributed by atoms with Crippen LogP contribution < -0.4 is 0 Å². The summed E-state index contributed by atoms with van der Waals surface area (Å²) in [6, 6.07) is 16.6. The molecule has 1 saturated heterocycles. The van der Waals surface area contributed by atoms with Gasteiger partial charge in [-0.05, 0) is 80.3 Å². The van der Waals surface area contributed by atoms with Gasteiger partial charge in [0.25, 0.3) is 5.91 Å². The summed E-state index contributed by atoms with van der Waals surface area (Å²) in [5, 5.41) is 0. The SMILES string of the molecule is Cc1cccc(-n2c(-c3ccc(F)cc3)cc(C(=O)N3CCCC3)c2C)c1. The molecule has 2 heterocycles. The van der Waals surface area contributed by atoms with Crippen molar-refractivity contribution in [1.29, 1.82) is 0 Å². The second kappa shape index (κ2) is 7.03. The molecule has 4 rings (SSSR count). The first kappa shape index (κ1) is 17.5. The topological polar surface area (TPSA) is 25.2 Å². The molecule has 27 heavy (non-hydrogen) atoms. The van der Waals surface area contributed by atoms with Gasteiger partial charge in [-0.15, -0.1) is 0 Å². The predicted octanol–water partition coefficient (Wildman–Crippen LogP) is 5.14. The number of hydrogen-bond acceptors (Lipinski definition) is 1. The van der Waals surface area contributed by atoms with Crippen LogP contribution >= 0.6 is 0 Å². The molecule has 3 nitrogen and oxygen atoms in total. The van der Waals surface area contributed by atoms with Crippen LogP contribution in [0.25, 0.3) is 16.9 Å². The molecule has 0 N–H and O–H groups in total. The molecule has 0 radical (unpaired) electrons. The van der Waals surface area contributed by atoms with Gasteiger partial charge >= 0.3 is 0 Å². The van der Waals surface area contributed by atoms with E-state index in [-0.39, 0.29) is 11.7 Å². The fraction of sp³-hybridized carbons (Fsp3) is 0.261. The fourth-order valence-electron chi connectivity index (χ4n) is 3.85. The second-order valence-corrected chi connectivity index (χ2v) is 7.21. The maximum absolute atomic E-state index is 13.4. The van der Waals surface area contributed by atoms with Gasteiger partial charge in [-0.1, -0.05) is 12.1 Å². The number of likely N-dealkylation sites (tertiary alicyclic amines) is 1. The minimum atomic E-state index is -0.266. The number of carbonyl (C=O) groups excluding carboxylic acids is 1. The molecular weight excluding hydrogens is 339 g/mol. The molecule has 138 valence electrons. The Morgan fingerprint density at radius 2 is 1.67 bits per heavy atom. The van der Waals surface area contributed by atoms with Crippen molar-refractivity contribution in [1.82, 2.24) is 9.47 Å². The number of aromatic nitrogens is 1. The molecule has 0 saturated carbocycles. The maximum Gasteiger partial charge on any atom is 0.255 e. The minimum absolute atomic E-state index is 0.0831. The van der Waals surface area contributed by atoms with E-state index in [4.69, 9.17) is 0 Å². The monoisotopic (exact) mass is 362 g/mol. The summed E-state index contributed by atoms with van der Waals surface area (Å²) in [5.74, 6) is -0.183. The number of aryl methyl sites for hydroxylation is 1. The standard InChI is InChI=1S/C23H23FN2O/c1-16-6-5-7-20(14-16)26-17(2)21(23(27)25-12-3-4-13-25)15-22(26)18-8-10-19(24)11-9-18/h5-11,14-15H,3-4,12-13H2,1-2H3. The molecule has 1 aliphatic heterocycles. The Balaban J connectivity index is 1.89. The summed E-state index contributed by atoms with van der Waals surface area (Å²) in [7, 11) is 0. The van der Waals surface area contributed by atoms with E-state index in [0.717, 1.165) is 59.7 Å². The second-order valence-electron chi connectivity index (χ2n) is 7.21. The van der Waals surface area contributed by atoms with Crippen molar-refractivity contribution in [3.8, 4) is 16.9 Å². The van der Waals surface area contributed by atoms with Gasteiger partial charge in [0.2, 0.25) is 0 Å². The van der Waals surface area contributed by atoms with Crippen molar-refractivity contribution in [2.75, 3.05) is 13.1 Å². The van der Waals surface area contributed by atoms with Gasteiger partial charge in [0.05, 0.1) is 11.3 Å². The van der Waals surface area contributed by atoms with Crippen LogP contribution in [-0.2, 0) is 0 Å². The van der Waals surface area contributed by atoms with Crippen molar-refractivity contribution in [3.05, 3.63) is 77.2 Å². The average molecular weight is 362 g/mol. The highest BCUT2D eigenvalue weighted by Crippen LogP contribution is 2.31. The summed E-state index contributed by atoms with van der Waals surface area (Å²) in [5.41, 5.74) is 5.59. The Morgan fingerprint density at radius 1 is 0.963 bits per heavy atom. The van der Waals surface area contributed by atoms with Gasteiger partial charge in [0.1, 0.15) is 5.82 Å². The molecule has 1 aliphatic rings. The quantitative estimate of drug-likeness (QED) is 0.634. The first-order valence-electron chi connectivity index (χ1n) is 9.39. The van der Waals surface area contributed by atoms with Crippen LogP contribution in [0.2, 0.25) is 0 Å².